The molecule has 1 heterocycles. The smallest absolute Gasteiger partial charge is 0.290 e. The maximum atomic E-state index is 13.7. The predicted molar refractivity (Wildman–Crippen MR) is 88.3 cm³/mol. The van der Waals surface area contributed by atoms with Gasteiger partial charge in [-0.3, -0.25) is 4.79 Å². The van der Waals surface area contributed by atoms with Gasteiger partial charge in [0.15, 0.2) is 0 Å². The van der Waals surface area contributed by atoms with Crippen molar-refractivity contribution in [2.75, 3.05) is 13.7 Å². The zero-order valence-electron chi connectivity index (χ0n) is 13.6. The highest BCUT2D eigenvalue weighted by atomic mass is 19.1. The van der Waals surface area contributed by atoms with Crippen molar-refractivity contribution in [3.8, 4) is 17.2 Å². The number of benzene rings is 2. The summed E-state index contributed by atoms with van der Waals surface area (Å²) < 4.78 is 25.2. The van der Waals surface area contributed by atoms with Crippen LogP contribution in [0.15, 0.2) is 30.3 Å². The normalized spacial score (nSPS) is 11.8. The zero-order chi connectivity index (χ0) is 17.5. The quantitative estimate of drug-likeness (QED) is 0.841. The Morgan fingerprint density at radius 3 is 2.83 bits per heavy atom. The molecular weight excluding hydrogens is 313 g/mol. The average Bonchev–Trinajstić information content (AvgIpc) is 3.01. The minimum Gasteiger partial charge on any atom is -0.493 e. The molecule has 0 bridgehead atoms. The molecule has 0 saturated carbocycles. The maximum absolute atomic E-state index is 13.7. The number of rotatable bonds is 4. The van der Waals surface area contributed by atoms with Gasteiger partial charge in [-0.25, -0.2) is 4.39 Å². The number of hydrogen-bond acceptors (Lipinski definition) is 4. The van der Waals surface area contributed by atoms with Crippen molar-refractivity contribution >= 4 is 6.47 Å². The molecule has 3 rings (SSSR count). The van der Waals surface area contributed by atoms with Crippen LogP contribution in [0.2, 0.25) is 0 Å². The van der Waals surface area contributed by atoms with E-state index in [2.05, 4.69) is 5.32 Å². The molecule has 1 aliphatic heterocycles. The summed E-state index contributed by atoms with van der Waals surface area (Å²) in [4.78, 5) is 8.36. The molecule has 2 aromatic carbocycles. The summed E-state index contributed by atoms with van der Waals surface area (Å²) in [7, 11) is 1.82. The molecule has 0 amide bonds. The van der Waals surface area contributed by atoms with Crippen molar-refractivity contribution in [2.24, 2.45) is 0 Å². The summed E-state index contributed by atoms with van der Waals surface area (Å²) in [5.41, 5.74) is 2.57. The van der Waals surface area contributed by atoms with E-state index >= 15 is 0 Å². The summed E-state index contributed by atoms with van der Waals surface area (Å²) in [5, 5.41) is 9.92. The molecule has 0 unspecified atom stereocenters. The fraction of sp³-hybridized carbons (Fsp3) is 0.278. The third-order valence-corrected chi connectivity index (χ3v) is 3.60. The minimum absolute atomic E-state index is 0.218. The van der Waals surface area contributed by atoms with Crippen LogP contribution in [-0.2, 0) is 17.8 Å². The number of ether oxygens (including phenoxy) is 2. The second-order valence-corrected chi connectivity index (χ2v) is 5.31. The fourth-order valence-electron chi connectivity index (χ4n) is 2.46. The number of nitrogens with one attached hydrogen (secondary N) is 1. The maximum Gasteiger partial charge on any atom is 0.290 e. The summed E-state index contributed by atoms with van der Waals surface area (Å²) in [6, 6.07) is 9.09. The molecule has 0 aromatic heterocycles. The van der Waals surface area contributed by atoms with E-state index in [4.69, 9.17) is 19.4 Å². The second-order valence-electron chi connectivity index (χ2n) is 5.31. The van der Waals surface area contributed by atoms with Crippen molar-refractivity contribution in [1.29, 1.82) is 0 Å². The first kappa shape index (κ1) is 17.7. The van der Waals surface area contributed by atoms with Gasteiger partial charge in [0.2, 0.25) is 0 Å². The SMILES string of the molecule is CNCc1cc(F)c(C)cc1Oc1ccc2c(c1)OCC2.O=CO. The van der Waals surface area contributed by atoms with E-state index < -0.39 is 0 Å². The Bertz CT molecular complexity index is 718. The molecule has 5 nitrogen and oxygen atoms in total. The Morgan fingerprint density at radius 1 is 1.38 bits per heavy atom. The first-order chi connectivity index (χ1) is 11.6. The van der Waals surface area contributed by atoms with Gasteiger partial charge in [-0.1, -0.05) is 6.07 Å². The molecule has 6 heteroatoms. The summed E-state index contributed by atoms with van der Waals surface area (Å²) in [5.74, 6) is 2.03. The first-order valence-corrected chi connectivity index (χ1v) is 7.54. The average molecular weight is 333 g/mol. The van der Waals surface area contributed by atoms with Crippen LogP contribution >= 0.6 is 0 Å². The highest BCUT2D eigenvalue weighted by Gasteiger charge is 2.14. The van der Waals surface area contributed by atoms with Crippen LogP contribution < -0.4 is 14.8 Å². The standard InChI is InChI=1S/C17H18FNO2.CH2O2/c1-11-7-17(13(10-19-2)8-15(11)18)21-14-4-3-12-5-6-20-16(12)9-14;2-1-3/h3-4,7-9,19H,5-6,10H2,1-2H3;1H,(H,2,3). The van der Waals surface area contributed by atoms with Gasteiger partial charge in [-0.05, 0) is 43.3 Å². The van der Waals surface area contributed by atoms with Crippen LogP contribution in [0, 0.1) is 12.7 Å². The molecule has 1 aliphatic rings. The lowest BCUT2D eigenvalue weighted by Crippen LogP contribution is -2.07. The topological polar surface area (TPSA) is 67.8 Å². The monoisotopic (exact) mass is 333 g/mol. The van der Waals surface area contributed by atoms with Crippen LogP contribution in [0.3, 0.4) is 0 Å². The van der Waals surface area contributed by atoms with Crippen molar-refractivity contribution < 1.29 is 23.8 Å². The summed E-state index contributed by atoms with van der Waals surface area (Å²) >= 11 is 0. The largest absolute Gasteiger partial charge is 0.493 e. The molecule has 0 aliphatic carbocycles. The van der Waals surface area contributed by atoms with Gasteiger partial charge in [0, 0.05) is 24.6 Å². The van der Waals surface area contributed by atoms with Crippen molar-refractivity contribution in [3.63, 3.8) is 0 Å². The highest BCUT2D eigenvalue weighted by Crippen LogP contribution is 2.33. The lowest BCUT2D eigenvalue weighted by atomic mass is 10.1. The Balaban J connectivity index is 0.000000647. The second kappa shape index (κ2) is 8.31. The zero-order valence-corrected chi connectivity index (χ0v) is 13.6. The first-order valence-electron chi connectivity index (χ1n) is 7.54. The van der Waals surface area contributed by atoms with E-state index in [9.17, 15) is 4.39 Å². The summed E-state index contributed by atoms with van der Waals surface area (Å²) in [6.07, 6.45) is 0.941. The molecule has 2 aromatic rings. The van der Waals surface area contributed by atoms with Gasteiger partial charge in [0.1, 0.15) is 23.1 Å². The molecular formula is C18H20FNO4. The van der Waals surface area contributed by atoms with Gasteiger partial charge >= 0.3 is 0 Å². The molecule has 0 spiro atoms. The van der Waals surface area contributed by atoms with E-state index in [-0.39, 0.29) is 12.3 Å². The van der Waals surface area contributed by atoms with E-state index in [0.29, 0.717) is 23.6 Å². The Labute approximate surface area is 140 Å². The van der Waals surface area contributed by atoms with Crippen molar-refractivity contribution in [3.05, 3.63) is 52.8 Å². The van der Waals surface area contributed by atoms with E-state index in [0.717, 1.165) is 24.3 Å². The molecule has 0 fully saturated rings. The lowest BCUT2D eigenvalue weighted by Gasteiger charge is -2.13. The van der Waals surface area contributed by atoms with Crippen LogP contribution in [0.4, 0.5) is 4.39 Å². The number of halogens is 1. The van der Waals surface area contributed by atoms with Crippen LogP contribution in [0.1, 0.15) is 16.7 Å². The molecule has 24 heavy (non-hydrogen) atoms. The molecule has 0 radical (unpaired) electrons. The fourth-order valence-corrected chi connectivity index (χ4v) is 2.46. The number of carbonyl (C=O) groups is 1. The molecule has 0 atom stereocenters. The number of fused-ring (bicyclic) bond motifs is 1. The number of aryl methyl sites for hydroxylation is 1. The lowest BCUT2D eigenvalue weighted by molar-refractivity contribution is -0.122. The molecule has 128 valence electrons. The van der Waals surface area contributed by atoms with Gasteiger partial charge in [-0.15, -0.1) is 0 Å². The third-order valence-electron chi connectivity index (χ3n) is 3.60. The van der Waals surface area contributed by atoms with E-state index in [1.807, 2.05) is 25.2 Å². The van der Waals surface area contributed by atoms with E-state index in [1.54, 1.807) is 13.0 Å². The van der Waals surface area contributed by atoms with Crippen molar-refractivity contribution in [1.82, 2.24) is 5.32 Å². The number of hydrogen-bond donors (Lipinski definition) is 2. The Hall–Kier alpha value is -2.60. The third kappa shape index (κ3) is 4.23. The van der Waals surface area contributed by atoms with Gasteiger partial charge in [-0.2, -0.15) is 0 Å². The predicted octanol–water partition coefficient (Wildman–Crippen LogP) is 3.28. The van der Waals surface area contributed by atoms with Crippen molar-refractivity contribution in [2.45, 2.75) is 19.9 Å². The van der Waals surface area contributed by atoms with Gasteiger partial charge in [0.25, 0.3) is 6.47 Å². The number of carboxylic acid groups (broad SMARTS) is 1. The van der Waals surface area contributed by atoms with Crippen LogP contribution in [0.5, 0.6) is 17.2 Å². The highest BCUT2D eigenvalue weighted by molar-refractivity contribution is 5.46. The minimum atomic E-state index is -0.250. The summed E-state index contributed by atoms with van der Waals surface area (Å²) in [6.45, 7) is 2.75. The van der Waals surface area contributed by atoms with Gasteiger partial charge < -0.3 is 19.9 Å². The van der Waals surface area contributed by atoms with Crippen LogP contribution in [0.25, 0.3) is 0 Å². The molecule has 0 saturated heterocycles. The Morgan fingerprint density at radius 2 is 2.12 bits per heavy atom. The van der Waals surface area contributed by atoms with E-state index in [1.165, 1.54) is 11.6 Å². The molecule has 2 N–H and O–H groups in total. The Kier molecular flexibility index (Phi) is 6.14. The van der Waals surface area contributed by atoms with Crippen LogP contribution in [-0.4, -0.2) is 25.2 Å². The van der Waals surface area contributed by atoms with Gasteiger partial charge in [0.05, 0.1) is 6.61 Å².